The zero-order valence-corrected chi connectivity index (χ0v) is 7.69. The van der Waals surface area contributed by atoms with E-state index < -0.39 is 0 Å². The molecule has 0 bridgehead atoms. The normalized spacial score (nSPS) is 10.8. The number of imidazole rings is 1. The predicted molar refractivity (Wildman–Crippen MR) is 46.6 cm³/mol. The van der Waals surface area contributed by atoms with Crippen LogP contribution in [0.5, 0.6) is 0 Å². The third-order valence-corrected chi connectivity index (χ3v) is 2.40. The van der Waals surface area contributed by atoms with Crippen LogP contribution in [0.15, 0.2) is 23.1 Å². The van der Waals surface area contributed by atoms with Crippen LogP contribution in [-0.2, 0) is 6.61 Å². The Morgan fingerprint density at radius 2 is 2.42 bits per heavy atom. The highest BCUT2D eigenvalue weighted by Gasteiger charge is 2.07. The lowest BCUT2D eigenvalue weighted by molar-refractivity contribution is 0.276. The van der Waals surface area contributed by atoms with Crippen molar-refractivity contribution in [3.63, 3.8) is 0 Å². The first-order valence-electron chi connectivity index (χ1n) is 3.41. The van der Waals surface area contributed by atoms with E-state index in [4.69, 9.17) is 5.11 Å². The number of nitrogens with zero attached hydrogens (tertiary/aromatic N) is 3. The van der Waals surface area contributed by atoms with Crippen molar-refractivity contribution in [1.82, 2.24) is 14.4 Å². The summed E-state index contributed by atoms with van der Waals surface area (Å²) in [6, 6.07) is 1.81. The van der Waals surface area contributed by atoms with Gasteiger partial charge in [0.25, 0.3) is 0 Å². The first-order valence-corrected chi connectivity index (χ1v) is 4.20. The first-order chi connectivity index (χ1) is 5.83. The van der Waals surface area contributed by atoms with Gasteiger partial charge in [-0.25, -0.2) is 9.97 Å². The van der Waals surface area contributed by atoms with Crippen LogP contribution in [0.4, 0.5) is 0 Å². The van der Waals surface area contributed by atoms with Crippen LogP contribution in [0, 0.1) is 0 Å². The van der Waals surface area contributed by atoms with Gasteiger partial charge < -0.3 is 5.11 Å². The Kier molecular flexibility index (Phi) is 1.82. The van der Waals surface area contributed by atoms with Crippen molar-refractivity contribution in [2.75, 3.05) is 0 Å². The fourth-order valence-corrected chi connectivity index (χ4v) is 1.50. The first kappa shape index (κ1) is 7.70. The second kappa shape index (κ2) is 2.84. The number of fused-ring (bicyclic) bond motifs is 1. The van der Waals surface area contributed by atoms with Gasteiger partial charge in [-0.05, 0) is 22.0 Å². The number of hydrogen-bond donors (Lipinski definition) is 1. The topological polar surface area (TPSA) is 50.4 Å². The molecule has 2 aromatic heterocycles. The van der Waals surface area contributed by atoms with Gasteiger partial charge in [0.1, 0.15) is 10.3 Å². The maximum absolute atomic E-state index is 8.89. The molecule has 2 aromatic rings. The molecular formula is C7H6BrN3O. The zero-order valence-electron chi connectivity index (χ0n) is 6.11. The molecule has 0 aromatic carbocycles. The van der Waals surface area contributed by atoms with Gasteiger partial charge in [0.05, 0.1) is 6.61 Å². The van der Waals surface area contributed by atoms with E-state index in [0.29, 0.717) is 11.5 Å². The molecule has 1 N–H and O–H groups in total. The summed E-state index contributed by atoms with van der Waals surface area (Å²) in [5.41, 5.74) is 0.605. The summed E-state index contributed by atoms with van der Waals surface area (Å²) in [7, 11) is 0. The molecule has 0 aliphatic heterocycles. The van der Waals surface area contributed by atoms with Crippen LogP contribution in [0.25, 0.3) is 5.78 Å². The lowest BCUT2D eigenvalue weighted by atomic mass is 10.5. The molecule has 0 fully saturated rings. The summed E-state index contributed by atoms with van der Waals surface area (Å²) in [6.07, 6.45) is 3.49. The van der Waals surface area contributed by atoms with Crippen molar-refractivity contribution < 1.29 is 5.11 Å². The molecular weight excluding hydrogens is 222 g/mol. The number of aliphatic hydroxyl groups excluding tert-OH is 1. The van der Waals surface area contributed by atoms with E-state index in [0.717, 1.165) is 4.60 Å². The summed E-state index contributed by atoms with van der Waals surface area (Å²) < 4.78 is 2.53. The van der Waals surface area contributed by atoms with Crippen LogP contribution in [0.3, 0.4) is 0 Å². The highest BCUT2D eigenvalue weighted by molar-refractivity contribution is 9.10. The fourth-order valence-electron chi connectivity index (χ4n) is 1.01. The molecule has 62 valence electrons. The molecule has 5 heteroatoms. The molecule has 0 radical (unpaired) electrons. The molecule has 4 nitrogen and oxygen atoms in total. The van der Waals surface area contributed by atoms with Gasteiger partial charge in [-0.15, -0.1) is 0 Å². The van der Waals surface area contributed by atoms with Gasteiger partial charge in [-0.2, -0.15) is 0 Å². The SMILES string of the molecule is OCc1nc2ncccn2c1Br. The number of aromatic nitrogens is 3. The van der Waals surface area contributed by atoms with Crippen molar-refractivity contribution in [3.05, 3.63) is 28.8 Å². The lowest BCUT2D eigenvalue weighted by Crippen LogP contribution is -1.85. The van der Waals surface area contributed by atoms with Gasteiger partial charge >= 0.3 is 0 Å². The highest BCUT2D eigenvalue weighted by atomic mass is 79.9. The van der Waals surface area contributed by atoms with E-state index in [9.17, 15) is 0 Å². The smallest absolute Gasteiger partial charge is 0.234 e. The minimum atomic E-state index is -0.0794. The Morgan fingerprint density at radius 1 is 1.58 bits per heavy atom. The molecule has 2 rings (SSSR count). The van der Waals surface area contributed by atoms with Crippen LogP contribution in [0.2, 0.25) is 0 Å². The Bertz CT molecular complexity index is 412. The standard InChI is InChI=1S/C7H6BrN3O/c8-6-5(4-12)10-7-9-2-1-3-11(6)7/h1-3,12H,4H2. The number of aliphatic hydroxyl groups is 1. The van der Waals surface area contributed by atoms with E-state index in [1.54, 1.807) is 16.7 Å². The average molecular weight is 228 g/mol. The van der Waals surface area contributed by atoms with Crippen LogP contribution < -0.4 is 0 Å². The van der Waals surface area contributed by atoms with Crippen LogP contribution in [-0.4, -0.2) is 19.5 Å². The van der Waals surface area contributed by atoms with Crippen molar-refractivity contribution in [3.8, 4) is 0 Å². The van der Waals surface area contributed by atoms with Crippen LogP contribution in [0.1, 0.15) is 5.69 Å². The number of rotatable bonds is 1. The van der Waals surface area contributed by atoms with Gasteiger partial charge in [0.15, 0.2) is 0 Å². The predicted octanol–water partition coefficient (Wildman–Crippen LogP) is 0.984. The van der Waals surface area contributed by atoms with E-state index in [-0.39, 0.29) is 6.61 Å². The molecule has 0 saturated carbocycles. The number of halogens is 1. The quantitative estimate of drug-likeness (QED) is 0.791. The van der Waals surface area contributed by atoms with E-state index in [1.807, 2.05) is 6.20 Å². The second-order valence-corrected chi connectivity index (χ2v) is 3.05. The molecule has 0 unspecified atom stereocenters. The van der Waals surface area contributed by atoms with E-state index >= 15 is 0 Å². The van der Waals surface area contributed by atoms with Crippen molar-refractivity contribution in [2.45, 2.75) is 6.61 Å². The molecule has 0 aliphatic rings. The lowest BCUT2D eigenvalue weighted by Gasteiger charge is -1.91. The minimum Gasteiger partial charge on any atom is -0.390 e. The maximum Gasteiger partial charge on any atom is 0.234 e. The molecule has 0 amide bonds. The van der Waals surface area contributed by atoms with Gasteiger partial charge in [0.2, 0.25) is 5.78 Å². The van der Waals surface area contributed by atoms with Gasteiger partial charge in [-0.3, -0.25) is 4.40 Å². The zero-order chi connectivity index (χ0) is 8.55. The summed E-state index contributed by atoms with van der Waals surface area (Å²) in [5, 5.41) is 8.89. The van der Waals surface area contributed by atoms with E-state index in [2.05, 4.69) is 25.9 Å². The Morgan fingerprint density at radius 3 is 3.08 bits per heavy atom. The Hall–Kier alpha value is -0.940. The summed E-state index contributed by atoms with van der Waals surface area (Å²) in [4.78, 5) is 8.11. The molecule has 0 saturated heterocycles. The molecule has 0 aliphatic carbocycles. The minimum absolute atomic E-state index is 0.0794. The number of hydrogen-bond acceptors (Lipinski definition) is 3. The summed E-state index contributed by atoms with van der Waals surface area (Å²) >= 11 is 3.31. The monoisotopic (exact) mass is 227 g/mol. The molecule has 0 spiro atoms. The largest absolute Gasteiger partial charge is 0.390 e. The van der Waals surface area contributed by atoms with Gasteiger partial charge in [-0.1, -0.05) is 0 Å². The van der Waals surface area contributed by atoms with Crippen LogP contribution >= 0.6 is 15.9 Å². The van der Waals surface area contributed by atoms with Gasteiger partial charge in [0, 0.05) is 12.4 Å². The van der Waals surface area contributed by atoms with Crippen molar-refractivity contribution in [2.24, 2.45) is 0 Å². The fraction of sp³-hybridized carbons (Fsp3) is 0.143. The van der Waals surface area contributed by atoms with Crippen molar-refractivity contribution >= 4 is 21.7 Å². The third-order valence-electron chi connectivity index (χ3n) is 1.56. The maximum atomic E-state index is 8.89. The van der Waals surface area contributed by atoms with Crippen molar-refractivity contribution in [1.29, 1.82) is 0 Å². The molecule has 0 atom stereocenters. The highest BCUT2D eigenvalue weighted by Crippen LogP contribution is 2.16. The Labute approximate surface area is 77.0 Å². The van der Waals surface area contributed by atoms with E-state index in [1.165, 1.54) is 0 Å². The summed E-state index contributed by atoms with van der Waals surface area (Å²) in [6.45, 7) is -0.0794. The summed E-state index contributed by atoms with van der Waals surface area (Å²) in [5.74, 6) is 0.591. The Balaban J connectivity index is 2.78. The average Bonchev–Trinajstić information content (AvgIpc) is 2.44. The second-order valence-electron chi connectivity index (χ2n) is 2.30. The third kappa shape index (κ3) is 1.02. The molecule has 12 heavy (non-hydrogen) atoms. The molecule has 2 heterocycles.